The third kappa shape index (κ3) is 2.80. The van der Waals surface area contributed by atoms with Gasteiger partial charge in [0, 0.05) is 0 Å². The molecule has 3 N–H and O–H groups in total. The molecule has 0 saturated carbocycles. The first-order valence-electron chi connectivity index (χ1n) is 5.50. The molecule has 0 aromatic heterocycles. The molecule has 84 valence electrons. The highest BCUT2D eigenvalue weighted by Gasteiger charge is 2.26. The first kappa shape index (κ1) is 12.2. The van der Waals surface area contributed by atoms with E-state index in [0.29, 0.717) is 6.54 Å². The standard InChI is InChI=1S/C13H21NO/c1-10(2)13(3,15)12-6-4-11(5-7-12)8-9-14/h4-7,10,15H,8-9,14H2,1-3H3. The molecule has 1 unspecified atom stereocenters. The highest BCUT2D eigenvalue weighted by atomic mass is 16.3. The molecule has 1 rings (SSSR count). The van der Waals surface area contributed by atoms with Crippen LogP contribution in [-0.2, 0) is 12.0 Å². The van der Waals surface area contributed by atoms with E-state index in [4.69, 9.17) is 5.73 Å². The predicted molar refractivity (Wildman–Crippen MR) is 63.6 cm³/mol. The zero-order chi connectivity index (χ0) is 11.5. The van der Waals surface area contributed by atoms with Crippen molar-refractivity contribution in [3.8, 4) is 0 Å². The van der Waals surface area contributed by atoms with E-state index in [-0.39, 0.29) is 5.92 Å². The fourth-order valence-electron chi connectivity index (χ4n) is 1.51. The van der Waals surface area contributed by atoms with Gasteiger partial charge in [-0.2, -0.15) is 0 Å². The summed E-state index contributed by atoms with van der Waals surface area (Å²) in [5, 5.41) is 10.3. The maximum atomic E-state index is 10.3. The van der Waals surface area contributed by atoms with Crippen molar-refractivity contribution in [1.29, 1.82) is 0 Å². The molecule has 0 amide bonds. The monoisotopic (exact) mass is 207 g/mol. The Hall–Kier alpha value is -0.860. The zero-order valence-corrected chi connectivity index (χ0v) is 9.83. The van der Waals surface area contributed by atoms with Crippen molar-refractivity contribution < 1.29 is 5.11 Å². The Morgan fingerprint density at radius 1 is 1.27 bits per heavy atom. The van der Waals surface area contributed by atoms with E-state index in [9.17, 15) is 5.11 Å². The lowest BCUT2D eigenvalue weighted by atomic mass is 9.85. The Morgan fingerprint density at radius 2 is 1.80 bits per heavy atom. The fourth-order valence-corrected chi connectivity index (χ4v) is 1.51. The smallest absolute Gasteiger partial charge is 0.0891 e. The van der Waals surface area contributed by atoms with Gasteiger partial charge in [-0.05, 0) is 36.9 Å². The number of hydrogen-bond acceptors (Lipinski definition) is 2. The summed E-state index contributed by atoms with van der Waals surface area (Å²) in [6.45, 7) is 6.57. The Morgan fingerprint density at radius 3 is 2.20 bits per heavy atom. The number of rotatable bonds is 4. The van der Waals surface area contributed by atoms with Gasteiger partial charge in [0.25, 0.3) is 0 Å². The third-order valence-electron chi connectivity index (χ3n) is 3.10. The summed E-state index contributed by atoms with van der Waals surface area (Å²) in [6, 6.07) is 8.06. The minimum absolute atomic E-state index is 0.206. The largest absolute Gasteiger partial charge is 0.385 e. The lowest BCUT2D eigenvalue weighted by Crippen LogP contribution is -2.27. The van der Waals surface area contributed by atoms with E-state index in [1.54, 1.807) is 0 Å². The molecular formula is C13H21NO. The average molecular weight is 207 g/mol. The minimum Gasteiger partial charge on any atom is -0.385 e. The van der Waals surface area contributed by atoms with Crippen LogP contribution < -0.4 is 5.73 Å². The zero-order valence-electron chi connectivity index (χ0n) is 9.83. The summed E-state index contributed by atoms with van der Waals surface area (Å²) in [5.41, 5.74) is 6.93. The topological polar surface area (TPSA) is 46.2 Å². The van der Waals surface area contributed by atoms with E-state index >= 15 is 0 Å². The molecule has 0 aliphatic rings. The first-order valence-corrected chi connectivity index (χ1v) is 5.50. The van der Waals surface area contributed by atoms with E-state index < -0.39 is 5.60 Å². The van der Waals surface area contributed by atoms with Gasteiger partial charge in [-0.3, -0.25) is 0 Å². The second kappa shape index (κ2) is 4.77. The van der Waals surface area contributed by atoms with Crippen LogP contribution in [0.3, 0.4) is 0 Å². The predicted octanol–water partition coefficient (Wildman–Crippen LogP) is 2.05. The van der Waals surface area contributed by atoms with Crippen molar-refractivity contribution in [2.45, 2.75) is 32.8 Å². The van der Waals surface area contributed by atoms with Crippen LogP contribution in [0.15, 0.2) is 24.3 Å². The second-order valence-corrected chi connectivity index (χ2v) is 4.54. The number of aliphatic hydroxyl groups is 1. The van der Waals surface area contributed by atoms with Gasteiger partial charge < -0.3 is 10.8 Å². The summed E-state index contributed by atoms with van der Waals surface area (Å²) in [5.74, 6) is 0.206. The average Bonchev–Trinajstić information content (AvgIpc) is 2.19. The van der Waals surface area contributed by atoms with Crippen LogP contribution in [-0.4, -0.2) is 11.7 Å². The molecule has 0 bridgehead atoms. The maximum absolute atomic E-state index is 10.3. The van der Waals surface area contributed by atoms with Gasteiger partial charge in [-0.1, -0.05) is 38.1 Å². The molecule has 2 heteroatoms. The molecule has 2 nitrogen and oxygen atoms in total. The van der Waals surface area contributed by atoms with E-state index in [2.05, 4.69) is 0 Å². The SMILES string of the molecule is CC(C)C(C)(O)c1ccc(CCN)cc1. The summed E-state index contributed by atoms with van der Waals surface area (Å²) >= 11 is 0. The number of benzene rings is 1. The van der Waals surface area contributed by atoms with E-state index in [0.717, 1.165) is 12.0 Å². The molecule has 0 saturated heterocycles. The van der Waals surface area contributed by atoms with Gasteiger partial charge in [-0.25, -0.2) is 0 Å². The normalized spacial score (nSPS) is 15.3. The number of hydrogen-bond donors (Lipinski definition) is 2. The van der Waals surface area contributed by atoms with Crippen LogP contribution in [0.1, 0.15) is 31.9 Å². The van der Waals surface area contributed by atoms with Crippen LogP contribution in [0.4, 0.5) is 0 Å². The lowest BCUT2D eigenvalue weighted by Gasteiger charge is -2.28. The van der Waals surface area contributed by atoms with Gasteiger partial charge in [0.2, 0.25) is 0 Å². The molecule has 0 spiro atoms. The van der Waals surface area contributed by atoms with Gasteiger partial charge in [0.05, 0.1) is 5.60 Å². The molecule has 0 radical (unpaired) electrons. The maximum Gasteiger partial charge on any atom is 0.0891 e. The van der Waals surface area contributed by atoms with Crippen molar-refractivity contribution in [3.05, 3.63) is 35.4 Å². The first-order chi connectivity index (χ1) is 6.98. The molecule has 1 atom stereocenters. The third-order valence-corrected chi connectivity index (χ3v) is 3.10. The Kier molecular flexibility index (Phi) is 3.89. The molecule has 15 heavy (non-hydrogen) atoms. The minimum atomic E-state index is -0.749. The van der Waals surface area contributed by atoms with Crippen molar-refractivity contribution in [2.24, 2.45) is 11.7 Å². The van der Waals surface area contributed by atoms with Gasteiger partial charge in [0.1, 0.15) is 0 Å². The van der Waals surface area contributed by atoms with Crippen molar-refractivity contribution >= 4 is 0 Å². The van der Waals surface area contributed by atoms with Crippen LogP contribution in [0.5, 0.6) is 0 Å². The van der Waals surface area contributed by atoms with Crippen LogP contribution in [0.25, 0.3) is 0 Å². The Labute approximate surface area is 92.1 Å². The second-order valence-electron chi connectivity index (χ2n) is 4.54. The highest BCUT2D eigenvalue weighted by molar-refractivity contribution is 5.27. The molecule has 0 fully saturated rings. The molecule has 1 aromatic rings. The van der Waals surface area contributed by atoms with Gasteiger partial charge >= 0.3 is 0 Å². The van der Waals surface area contributed by atoms with Crippen LogP contribution in [0, 0.1) is 5.92 Å². The molecule has 0 aliphatic heterocycles. The van der Waals surface area contributed by atoms with Gasteiger partial charge in [-0.15, -0.1) is 0 Å². The molecule has 0 aliphatic carbocycles. The fraction of sp³-hybridized carbons (Fsp3) is 0.538. The summed E-state index contributed by atoms with van der Waals surface area (Å²) in [4.78, 5) is 0. The Balaban J connectivity index is 2.88. The number of nitrogens with two attached hydrogens (primary N) is 1. The van der Waals surface area contributed by atoms with E-state index in [1.165, 1.54) is 5.56 Å². The van der Waals surface area contributed by atoms with Crippen molar-refractivity contribution in [3.63, 3.8) is 0 Å². The molecule has 0 heterocycles. The Bertz CT molecular complexity index is 301. The van der Waals surface area contributed by atoms with Crippen molar-refractivity contribution in [1.82, 2.24) is 0 Å². The highest BCUT2D eigenvalue weighted by Crippen LogP contribution is 2.28. The summed E-state index contributed by atoms with van der Waals surface area (Å²) in [6.07, 6.45) is 0.893. The lowest BCUT2D eigenvalue weighted by molar-refractivity contribution is 0.00904. The van der Waals surface area contributed by atoms with E-state index in [1.807, 2.05) is 45.0 Å². The molecule has 1 aromatic carbocycles. The van der Waals surface area contributed by atoms with Crippen molar-refractivity contribution in [2.75, 3.05) is 6.54 Å². The quantitative estimate of drug-likeness (QED) is 0.793. The van der Waals surface area contributed by atoms with Crippen LogP contribution in [0.2, 0.25) is 0 Å². The summed E-state index contributed by atoms with van der Waals surface area (Å²) in [7, 11) is 0. The van der Waals surface area contributed by atoms with Crippen LogP contribution >= 0.6 is 0 Å². The molecular weight excluding hydrogens is 186 g/mol. The van der Waals surface area contributed by atoms with Gasteiger partial charge in [0.15, 0.2) is 0 Å². The summed E-state index contributed by atoms with van der Waals surface area (Å²) < 4.78 is 0.